The summed E-state index contributed by atoms with van der Waals surface area (Å²) in [5.74, 6) is -0.750. The lowest BCUT2D eigenvalue weighted by Gasteiger charge is -2.39. The van der Waals surface area contributed by atoms with Crippen LogP contribution in [0.4, 0.5) is 0 Å². The number of hydrogen-bond acceptors (Lipinski definition) is 7. The van der Waals surface area contributed by atoms with Crippen molar-refractivity contribution in [3.8, 4) is 0 Å². The average molecular weight is 284 g/mol. The molecule has 0 aliphatic carbocycles. The fraction of sp³-hybridized carbons (Fsp3) is 0.462. The summed E-state index contributed by atoms with van der Waals surface area (Å²) in [7, 11) is 0. The molecule has 0 saturated carbocycles. The Bertz CT molecular complexity index is 449. The van der Waals surface area contributed by atoms with Crippen LogP contribution < -0.4 is 0 Å². The fourth-order valence-corrected chi connectivity index (χ4v) is 1.97. The van der Waals surface area contributed by atoms with Gasteiger partial charge in [-0.05, 0) is 12.1 Å². The minimum Gasteiger partial charge on any atom is -0.453 e. The van der Waals surface area contributed by atoms with Crippen molar-refractivity contribution in [2.45, 2.75) is 30.7 Å². The predicted octanol–water partition coefficient (Wildman–Crippen LogP) is -1.36. The molecule has 1 aliphatic rings. The van der Waals surface area contributed by atoms with Gasteiger partial charge in [0.25, 0.3) is 0 Å². The van der Waals surface area contributed by atoms with Crippen LogP contribution in [0.25, 0.3) is 0 Å². The average Bonchev–Trinajstić information content (AvgIpc) is 2.48. The highest BCUT2D eigenvalue weighted by molar-refractivity contribution is 5.89. The third-order valence-corrected chi connectivity index (χ3v) is 3.09. The molecule has 1 aromatic carbocycles. The van der Waals surface area contributed by atoms with Crippen molar-refractivity contribution in [1.29, 1.82) is 0 Å². The van der Waals surface area contributed by atoms with Crippen LogP contribution in [-0.2, 0) is 9.47 Å². The molecule has 7 nitrogen and oxygen atoms in total. The second-order valence-electron chi connectivity index (χ2n) is 4.46. The van der Waals surface area contributed by atoms with Crippen LogP contribution in [0.3, 0.4) is 0 Å². The van der Waals surface area contributed by atoms with Crippen LogP contribution >= 0.6 is 0 Å². The molecule has 1 aromatic rings. The van der Waals surface area contributed by atoms with Gasteiger partial charge in [0.05, 0.1) is 12.2 Å². The van der Waals surface area contributed by atoms with E-state index in [1.165, 1.54) is 12.1 Å². The van der Waals surface area contributed by atoms with E-state index in [-0.39, 0.29) is 5.56 Å². The van der Waals surface area contributed by atoms with Gasteiger partial charge in [-0.1, -0.05) is 18.2 Å². The molecule has 4 N–H and O–H groups in total. The Kier molecular flexibility index (Phi) is 4.69. The molecule has 1 heterocycles. The van der Waals surface area contributed by atoms with Gasteiger partial charge in [-0.2, -0.15) is 0 Å². The van der Waals surface area contributed by atoms with Crippen LogP contribution in [-0.4, -0.2) is 63.7 Å². The topological polar surface area (TPSA) is 116 Å². The quantitative estimate of drug-likeness (QED) is 0.507. The molecule has 20 heavy (non-hydrogen) atoms. The lowest BCUT2D eigenvalue weighted by molar-refractivity contribution is -0.285. The van der Waals surface area contributed by atoms with Crippen molar-refractivity contribution in [3.05, 3.63) is 35.9 Å². The minimum atomic E-state index is -1.65. The molecule has 5 atom stereocenters. The van der Waals surface area contributed by atoms with E-state index in [9.17, 15) is 20.1 Å². The number of benzene rings is 1. The Morgan fingerprint density at radius 3 is 2.40 bits per heavy atom. The van der Waals surface area contributed by atoms with Gasteiger partial charge in [-0.3, -0.25) is 0 Å². The summed E-state index contributed by atoms with van der Waals surface area (Å²) in [6, 6.07) is 8.03. The fourth-order valence-electron chi connectivity index (χ4n) is 1.97. The maximum Gasteiger partial charge on any atom is 0.338 e. The van der Waals surface area contributed by atoms with E-state index in [0.717, 1.165) is 0 Å². The molecule has 1 fully saturated rings. The number of ether oxygens (including phenoxy) is 2. The Morgan fingerprint density at radius 2 is 1.80 bits per heavy atom. The maximum absolute atomic E-state index is 11.9. The van der Waals surface area contributed by atoms with Crippen molar-refractivity contribution in [3.63, 3.8) is 0 Å². The summed E-state index contributed by atoms with van der Waals surface area (Å²) in [5, 5.41) is 38.1. The molecule has 2 rings (SSSR count). The first-order valence-corrected chi connectivity index (χ1v) is 6.11. The number of carbonyl (C=O) groups excluding carboxylic acids is 1. The van der Waals surface area contributed by atoms with Crippen LogP contribution in [0.15, 0.2) is 30.3 Å². The Labute approximate surface area is 115 Å². The van der Waals surface area contributed by atoms with E-state index in [4.69, 9.17) is 14.6 Å². The van der Waals surface area contributed by atoms with Gasteiger partial charge in [0.2, 0.25) is 0 Å². The van der Waals surface area contributed by atoms with E-state index in [2.05, 4.69) is 0 Å². The van der Waals surface area contributed by atoms with Gasteiger partial charge >= 0.3 is 5.97 Å². The summed E-state index contributed by atoms with van der Waals surface area (Å²) >= 11 is 0. The zero-order chi connectivity index (χ0) is 14.7. The molecule has 7 heteroatoms. The van der Waals surface area contributed by atoms with E-state index < -0.39 is 43.3 Å². The summed E-state index contributed by atoms with van der Waals surface area (Å²) in [4.78, 5) is 11.9. The predicted molar refractivity (Wildman–Crippen MR) is 65.6 cm³/mol. The maximum atomic E-state index is 11.9. The first kappa shape index (κ1) is 14.9. The van der Waals surface area contributed by atoms with E-state index >= 15 is 0 Å². The summed E-state index contributed by atoms with van der Waals surface area (Å²) < 4.78 is 9.81. The molecule has 0 amide bonds. The number of aliphatic hydroxyl groups is 4. The largest absolute Gasteiger partial charge is 0.453 e. The first-order chi connectivity index (χ1) is 9.54. The highest BCUT2D eigenvalue weighted by Crippen LogP contribution is 2.23. The lowest BCUT2D eigenvalue weighted by Crippen LogP contribution is -2.59. The second kappa shape index (κ2) is 6.29. The number of esters is 1. The Hall–Kier alpha value is -1.51. The van der Waals surface area contributed by atoms with Crippen LogP contribution in [0.1, 0.15) is 10.4 Å². The SMILES string of the molecule is O=C(O[C@H]1[C@@H](O)[C@H](O)O[C@H](CO)[C@H]1O)c1ccccc1. The number of aliphatic hydroxyl groups excluding tert-OH is 4. The molecule has 0 aromatic heterocycles. The standard InChI is InChI=1S/C13H16O7/c14-6-8-9(15)11(10(16)13(18)19-8)20-12(17)7-4-2-1-3-5-7/h1-5,8-11,13-16,18H,6H2/t8-,9-,10-,11-,13-/m1/s1. The second-order valence-corrected chi connectivity index (χ2v) is 4.46. The van der Waals surface area contributed by atoms with Crippen molar-refractivity contribution >= 4 is 5.97 Å². The monoisotopic (exact) mass is 284 g/mol. The molecule has 0 spiro atoms. The van der Waals surface area contributed by atoms with Crippen molar-refractivity contribution < 1.29 is 34.7 Å². The van der Waals surface area contributed by atoms with Crippen LogP contribution in [0.2, 0.25) is 0 Å². The van der Waals surface area contributed by atoms with Gasteiger partial charge in [0, 0.05) is 0 Å². The van der Waals surface area contributed by atoms with Gasteiger partial charge < -0.3 is 29.9 Å². The molecule has 0 radical (unpaired) electrons. The highest BCUT2D eigenvalue weighted by atomic mass is 16.7. The summed E-state index contributed by atoms with van der Waals surface area (Å²) in [5.41, 5.74) is 0.244. The highest BCUT2D eigenvalue weighted by Gasteiger charge is 2.46. The van der Waals surface area contributed by atoms with Crippen molar-refractivity contribution in [1.82, 2.24) is 0 Å². The van der Waals surface area contributed by atoms with E-state index in [1.54, 1.807) is 18.2 Å². The smallest absolute Gasteiger partial charge is 0.338 e. The third-order valence-electron chi connectivity index (χ3n) is 3.09. The molecule has 1 saturated heterocycles. The molecule has 0 bridgehead atoms. The van der Waals surface area contributed by atoms with Gasteiger partial charge in [-0.25, -0.2) is 4.79 Å². The zero-order valence-corrected chi connectivity index (χ0v) is 10.5. The number of rotatable bonds is 3. The summed E-state index contributed by atoms with van der Waals surface area (Å²) in [6.07, 6.45) is -7.21. The third kappa shape index (κ3) is 2.97. The molecular weight excluding hydrogens is 268 g/mol. The minimum absolute atomic E-state index is 0.244. The van der Waals surface area contributed by atoms with Crippen LogP contribution in [0.5, 0.6) is 0 Å². The number of hydrogen-bond donors (Lipinski definition) is 4. The van der Waals surface area contributed by atoms with Crippen molar-refractivity contribution in [2.75, 3.05) is 6.61 Å². The van der Waals surface area contributed by atoms with Gasteiger partial charge in [0.1, 0.15) is 18.3 Å². The number of carbonyl (C=O) groups is 1. The normalized spacial score (nSPS) is 33.7. The van der Waals surface area contributed by atoms with E-state index in [1.807, 2.05) is 0 Å². The Balaban J connectivity index is 2.11. The van der Waals surface area contributed by atoms with Crippen molar-refractivity contribution in [2.24, 2.45) is 0 Å². The first-order valence-electron chi connectivity index (χ1n) is 6.11. The molecule has 0 unspecified atom stereocenters. The summed E-state index contributed by atoms with van der Waals surface area (Å²) in [6.45, 7) is -0.579. The molecule has 110 valence electrons. The van der Waals surface area contributed by atoms with Crippen LogP contribution in [0, 0.1) is 0 Å². The van der Waals surface area contributed by atoms with Gasteiger partial charge in [-0.15, -0.1) is 0 Å². The van der Waals surface area contributed by atoms with Gasteiger partial charge in [0.15, 0.2) is 12.4 Å². The molecule has 1 aliphatic heterocycles. The lowest BCUT2D eigenvalue weighted by atomic mass is 9.99. The molecular formula is C13H16O7. The van der Waals surface area contributed by atoms with E-state index in [0.29, 0.717) is 0 Å². The Morgan fingerprint density at radius 1 is 1.15 bits per heavy atom. The zero-order valence-electron chi connectivity index (χ0n) is 10.5.